The Morgan fingerprint density at radius 1 is 1.41 bits per heavy atom. The quantitative estimate of drug-likeness (QED) is 0.941. The first-order valence-electron chi connectivity index (χ1n) is 5.13. The Bertz CT molecular complexity index is 515. The lowest BCUT2D eigenvalue weighted by Crippen LogP contribution is -2.01. The number of aliphatic hydroxyl groups is 1. The van der Waals surface area contributed by atoms with Crippen LogP contribution in [0.2, 0.25) is 5.02 Å². The molecule has 0 bridgehead atoms. The predicted octanol–water partition coefficient (Wildman–Crippen LogP) is 2.28. The molecule has 1 aromatic carbocycles. The molecule has 0 aliphatic heterocycles. The Hall–Kier alpha value is -0.910. The molecular formula is C11H11BrClN3O. The van der Waals surface area contributed by atoms with E-state index in [1.165, 1.54) is 0 Å². The second-order valence-electron chi connectivity index (χ2n) is 3.62. The maximum absolute atomic E-state index is 8.79. The highest BCUT2D eigenvalue weighted by atomic mass is 79.9. The van der Waals surface area contributed by atoms with Gasteiger partial charge in [0.15, 0.2) is 0 Å². The van der Waals surface area contributed by atoms with Crippen molar-refractivity contribution in [3.05, 3.63) is 45.1 Å². The number of halogens is 2. The predicted molar refractivity (Wildman–Crippen MR) is 69.1 cm³/mol. The third kappa shape index (κ3) is 3.28. The van der Waals surface area contributed by atoms with Crippen molar-refractivity contribution < 1.29 is 5.11 Å². The maximum atomic E-state index is 8.79. The molecule has 6 heteroatoms. The van der Waals surface area contributed by atoms with Crippen LogP contribution in [0.3, 0.4) is 0 Å². The van der Waals surface area contributed by atoms with Crippen LogP contribution in [-0.2, 0) is 13.0 Å². The van der Waals surface area contributed by atoms with Gasteiger partial charge in [-0.3, -0.25) is 0 Å². The van der Waals surface area contributed by atoms with Gasteiger partial charge < -0.3 is 5.11 Å². The molecule has 4 nitrogen and oxygen atoms in total. The van der Waals surface area contributed by atoms with Crippen LogP contribution >= 0.6 is 27.5 Å². The van der Waals surface area contributed by atoms with Crippen molar-refractivity contribution in [1.82, 2.24) is 15.0 Å². The molecule has 90 valence electrons. The molecule has 0 saturated carbocycles. The Labute approximate surface area is 112 Å². The number of hydrogen-bond acceptors (Lipinski definition) is 3. The second kappa shape index (κ2) is 5.62. The lowest BCUT2D eigenvalue weighted by atomic mass is 10.2. The minimum Gasteiger partial charge on any atom is -0.396 e. The summed E-state index contributed by atoms with van der Waals surface area (Å²) in [4.78, 5) is 0. The molecule has 1 N–H and O–H groups in total. The normalized spacial score (nSPS) is 10.8. The molecule has 2 rings (SSSR count). The molecule has 1 aromatic heterocycles. The number of benzene rings is 1. The van der Waals surface area contributed by atoms with Gasteiger partial charge in [-0.15, -0.1) is 5.10 Å². The van der Waals surface area contributed by atoms with Gasteiger partial charge in [0.25, 0.3) is 0 Å². The molecule has 0 saturated heterocycles. The zero-order chi connectivity index (χ0) is 12.3. The van der Waals surface area contributed by atoms with Crippen molar-refractivity contribution in [3.8, 4) is 0 Å². The molecule has 0 fully saturated rings. The average molecular weight is 317 g/mol. The van der Waals surface area contributed by atoms with Crippen LogP contribution in [0.4, 0.5) is 0 Å². The minimum atomic E-state index is 0.0811. The fourth-order valence-corrected chi connectivity index (χ4v) is 2.20. The standard InChI is InChI=1S/C11H11BrClN3O/c12-9-2-1-8(11(13)5-9)6-16-7-10(3-4-17)14-15-16/h1-2,5,7,17H,3-4,6H2. The van der Waals surface area contributed by atoms with Gasteiger partial charge in [-0.05, 0) is 17.7 Å². The lowest BCUT2D eigenvalue weighted by molar-refractivity contribution is 0.298. The Balaban J connectivity index is 2.13. The van der Waals surface area contributed by atoms with Gasteiger partial charge in [0.1, 0.15) is 0 Å². The third-order valence-electron chi connectivity index (χ3n) is 2.30. The zero-order valence-corrected chi connectivity index (χ0v) is 11.3. The second-order valence-corrected chi connectivity index (χ2v) is 4.94. The first-order chi connectivity index (χ1) is 8.19. The van der Waals surface area contributed by atoms with E-state index in [4.69, 9.17) is 16.7 Å². The van der Waals surface area contributed by atoms with E-state index in [-0.39, 0.29) is 6.61 Å². The van der Waals surface area contributed by atoms with E-state index in [0.29, 0.717) is 18.0 Å². The fraction of sp³-hybridized carbons (Fsp3) is 0.273. The minimum absolute atomic E-state index is 0.0811. The van der Waals surface area contributed by atoms with Crippen molar-refractivity contribution in [1.29, 1.82) is 0 Å². The van der Waals surface area contributed by atoms with Crippen LogP contribution in [0.15, 0.2) is 28.9 Å². The summed E-state index contributed by atoms with van der Waals surface area (Å²) < 4.78 is 2.66. The molecule has 1 heterocycles. The van der Waals surface area contributed by atoms with Crippen LogP contribution in [-0.4, -0.2) is 26.7 Å². The summed E-state index contributed by atoms with van der Waals surface area (Å²) in [6, 6.07) is 5.73. The zero-order valence-electron chi connectivity index (χ0n) is 8.98. The molecule has 0 radical (unpaired) electrons. The number of aromatic nitrogens is 3. The van der Waals surface area contributed by atoms with Gasteiger partial charge in [-0.2, -0.15) is 0 Å². The molecule has 2 aromatic rings. The van der Waals surface area contributed by atoms with Gasteiger partial charge in [0.2, 0.25) is 0 Å². The largest absolute Gasteiger partial charge is 0.396 e. The highest BCUT2D eigenvalue weighted by Gasteiger charge is 2.04. The van der Waals surface area contributed by atoms with E-state index in [9.17, 15) is 0 Å². The number of aliphatic hydroxyl groups excluding tert-OH is 1. The van der Waals surface area contributed by atoms with Gasteiger partial charge in [-0.25, -0.2) is 4.68 Å². The van der Waals surface area contributed by atoms with Crippen LogP contribution in [0.25, 0.3) is 0 Å². The lowest BCUT2D eigenvalue weighted by Gasteiger charge is -2.04. The van der Waals surface area contributed by atoms with E-state index in [1.54, 1.807) is 4.68 Å². The van der Waals surface area contributed by atoms with Crippen molar-refractivity contribution in [3.63, 3.8) is 0 Å². The molecule has 0 atom stereocenters. The summed E-state index contributed by atoms with van der Waals surface area (Å²) in [7, 11) is 0. The molecule has 0 spiro atoms. The molecule has 0 unspecified atom stereocenters. The summed E-state index contributed by atoms with van der Waals surface area (Å²) in [6.45, 7) is 0.655. The smallest absolute Gasteiger partial charge is 0.0850 e. The first kappa shape index (κ1) is 12.5. The molecular weight excluding hydrogens is 305 g/mol. The summed E-state index contributed by atoms with van der Waals surface area (Å²) in [5.41, 5.74) is 1.76. The molecule has 17 heavy (non-hydrogen) atoms. The van der Waals surface area contributed by atoms with E-state index in [0.717, 1.165) is 15.7 Å². The number of rotatable bonds is 4. The van der Waals surface area contributed by atoms with E-state index < -0.39 is 0 Å². The highest BCUT2D eigenvalue weighted by Crippen LogP contribution is 2.21. The van der Waals surface area contributed by atoms with Gasteiger partial charge in [0, 0.05) is 28.7 Å². The summed E-state index contributed by atoms with van der Waals surface area (Å²) in [6.07, 6.45) is 2.34. The van der Waals surface area contributed by atoms with Crippen molar-refractivity contribution in [2.75, 3.05) is 6.61 Å². The fourth-order valence-electron chi connectivity index (χ4n) is 1.47. The maximum Gasteiger partial charge on any atom is 0.0850 e. The van der Waals surface area contributed by atoms with Crippen LogP contribution in [0, 0.1) is 0 Å². The van der Waals surface area contributed by atoms with Gasteiger partial charge in [0.05, 0.1) is 12.2 Å². The van der Waals surface area contributed by atoms with Crippen LogP contribution in [0.5, 0.6) is 0 Å². The molecule has 0 aliphatic rings. The van der Waals surface area contributed by atoms with Crippen molar-refractivity contribution in [2.24, 2.45) is 0 Å². The van der Waals surface area contributed by atoms with Gasteiger partial charge >= 0.3 is 0 Å². The highest BCUT2D eigenvalue weighted by molar-refractivity contribution is 9.10. The van der Waals surface area contributed by atoms with E-state index in [2.05, 4.69) is 26.2 Å². The molecule has 0 aliphatic carbocycles. The van der Waals surface area contributed by atoms with Gasteiger partial charge in [-0.1, -0.05) is 38.8 Å². The Morgan fingerprint density at radius 3 is 2.94 bits per heavy atom. The topological polar surface area (TPSA) is 50.9 Å². The SMILES string of the molecule is OCCc1cn(Cc2ccc(Br)cc2Cl)nn1. The van der Waals surface area contributed by atoms with Crippen molar-refractivity contribution >= 4 is 27.5 Å². The summed E-state index contributed by atoms with van der Waals surface area (Å²) >= 11 is 9.48. The summed E-state index contributed by atoms with van der Waals surface area (Å²) in [5.74, 6) is 0. The van der Waals surface area contributed by atoms with Crippen LogP contribution < -0.4 is 0 Å². The van der Waals surface area contributed by atoms with Crippen LogP contribution in [0.1, 0.15) is 11.3 Å². The van der Waals surface area contributed by atoms with Crippen molar-refractivity contribution in [2.45, 2.75) is 13.0 Å². The third-order valence-corrected chi connectivity index (χ3v) is 3.15. The number of hydrogen-bond donors (Lipinski definition) is 1. The first-order valence-corrected chi connectivity index (χ1v) is 6.30. The van der Waals surface area contributed by atoms with E-state index in [1.807, 2.05) is 24.4 Å². The molecule has 0 amide bonds. The Morgan fingerprint density at radius 2 is 2.24 bits per heavy atom. The monoisotopic (exact) mass is 315 g/mol. The Kier molecular flexibility index (Phi) is 4.15. The van der Waals surface area contributed by atoms with E-state index >= 15 is 0 Å². The summed E-state index contributed by atoms with van der Waals surface area (Å²) in [5, 5.41) is 17.4. The number of nitrogens with zero attached hydrogens (tertiary/aromatic N) is 3. The average Bonchev–Trinajstić information content (AvgIpc) is 2.71.